The van der Waals surface area contributed by atoms with E-state index in [0.29, 0.717) is 42.6 Å². The predicted molar refractivity (Wildman–Crippen MR) is 138 cm³/mol. The molecule has 1 heterocycles. The molecule has 1 fully saturated rings. The van der Waals surface area contributed by atoms with E-state index >= 15 is 0 Å². The van der Waals surface area contributed by atoms with E-state index in [1.54, 1.807) is 6.07 Å². The number of anilines is 1. The smallest absolute Gasteiger partial charge is 0.233 e. The van der Waals surface area contributed by atoms with E-state index in [4.69, 9.17) is 9.47 Å². The summed E-state index contributed by atoms with van der Waals surface area (Å²) in [5.74, 6) is -0.0975. The highest BCUT2D eigenvalue weighted by Gasteiger charge is 2.22. The summed E-state index contributed by atoms with van der Waals surface area (Å²) < 4.78 is 69.4. The van der Waals surface area contributed by atoms with Crippen LogP contribution in [-0.4, -0.2) is 48.8 Å². The van der Waals surface area contributed by atoms with Crippen molar-refractivity contribution in [2.45, 2.75) is 57.1 Å². The number of aliphatic hydroxyl groups is 1. The summed E-state index contributed by atoms with van der Waals surface area (Å²) in [5, 5.41) is 9.48. The molecule has 3 rings (SSSR count). The van der Waals surface area contributed by atoms with Crippen LogP contribution in [0.3, 0.4) is 0 Å². The summed E-state index contributed by atoms with van der Waals surface area (Å²) in [6.45, 7) is 7.02. The van der Waals surface area contributed by atoms with Crippen LogP contribution in [0.1, 0.15) is 44.7 Å². The van der Waals surface area contributed by atoms with Crippen LogP contribution in [-0.2, 0) is 38.8 Å². The number of ether oxygens (including phenoxy) is 2. The molecule has 2 aromatic rings. The lowest BCUT2D eigenvalue weighted by molar-refractivity contribution is 0.0496. The van der Waals surface area contributed by atoms with Crippen LogP contribution in [0.25, 0.3) is 0 Å². The van der Waals surface area contributed by atoms with Crippen molar-refractivity contribution in [1.82, 2.24) is 4.72 Å². The molecule has 0 amide bonds. The third-order valence-corrected chi connectivity index (χ3v) is 8.38. The molecule has 1 unspecified atom stereocenters. The quantitative estimate of drug-likeness (QED) is 0.400. The first-order valence-electron chi connectivity index (χ1n) is 11.9. The summed E-state index contributed by atoms with van der Waals surface area (Å²) in [7, 11) is -5.58. The van der Waals surface area contributed by atoms with Gasteiger partial charge in [-0.05, 0) is 75.3 Å². The molecule has 2 aromatic carbocycles. The monoisotopic (exact) mass is 542 g/mol. The Balaban J connectivity index is 1.72. The third-order valence-electron chi connectivity index (χ3n) is 5.58. The van der Waals surface area contributed by atoms with Gasteiger partial charge in [-0.1, -0.05) is 12.1 Å². The van der Waals surface area contributed by atoms with Gasteiger partial charge in [-0.25, -0.2) is 21.7 Å². The maximum Gasteiger partial charge on any atom is 0.233 e. The Morgan fingerprint density at radius 1 is 1.17 bits per heavy atom. The Morgan fingerprint density at radius 2 is 1.89 bits per heavy atom. The van der Waals surface area contributed by atoms with Gasteiger partial charge in [0.2, 0.25) is 10.0 Å². The SMILES string of the molecule is CC(C)(C)NS(=O)c1cc(CO)ccc1NS(=O)(=O)CCc1ccc(F)cc1OCC1CCOCC1. The molecule has 11 heteroatoms. The van der Waals surface area contributed by atoms with Gasteiger partial charge in [0, 0.05) is 24.8 Å². The van der Waals surface area contributed by atoms with Gasteiger partial charge in [-0.3, -0.25) is 4.72 Å². The van der Waals surface area contributed by atoms with Crippen molar-refractivity contribution in [3.8, 4) is 5.75 Å². The maximum atomic E-state index is 13.9. The summed E-state index contributed by atoms with van der Waals surface area (Å²) >= 11 is 0. The Kier molecular flexibility index (Phi) is 9.87. The van der Waals surface area contributed by atoms with E-state index < -0.39 is 32.4 Å². The van der Waals surface area contributed by atoms with Crippen LogP contribution in [0.4, 0.5) is 10.1 Å². The minimum Gasteiger partial charge on any atom is -0.493 e. The van der Waals surface area contributed by atoms with Crippen molar-refractivity contribution in [3.05, 3.63) is 53.3 Å². The van der Waals surface area contributed by atoms with Gasteiger partial charge < -0.3 is 14.6 Å². The van der Waals surface area contributed by atoms with Crippen molar-refractivity contribution in [2.75, 3.05) is 30.3 Å². The van der Waals surface area contributed by atoms with E-state index in [-0.39, 0.29) is 29.4 Å². The minimum atomic E-state index is -3.85. The lowest BCUT2D eigenvalue weighted by Crippen LogP contribution is -2.37. The maximum absolute atomic E-state index is 13.9. The minimum absolute atomic E-state index is 0.103. The number of benzene rings is 2. The molecular weight excluding hydrogens is 507 g/mol. The largest absolute Gasteiger partial charge is 0.493 e. The van der Waals surface area contributed by atoms with Crippen molar-refractivity contribution in [3.63, 3.8) is 0 Å². The van der Waals surface area contributed by atoms with E-state index in [0.717, 1.165) is 12.8 Å². The van der Waals surface area contributed by atoms with Gasteiger partial charge in [0.25, 0.3) is 0 Å². The second-order valence-electron chi connectivity index (χ2n) is 9.90. The van der Waals surface area contributed by atoms with E-state index in [2.05, 4.69) is 9.44 Å². The zero-order valence-corrected chi connectivity index (χ0v) is 22.5. The molecule has 3 N–H and O–H groups in total. The molecule has 1 atom stereocenters. The van der Waals surface area contributed by atoms with Crippen LogP contribution >= 0.6 is 0 Å². The first-order chi connectivity index (χ1) is 17.0. The van der Waals surface area contributed by atoms with E-state index in [1.807, 2.05) is 20.8 Å². The first-order valence-corrected chi connectivity index (χ1v) is 14.7. The fourth-order valence-electron chi connectivity index (χ4n) is 3.69. The standard InChI is InChI=1S/C25H35FN2O6S2/c1-25(2,3)28-35(30)24-14-19(16-29)4-7-22(24)27-36(31,32)13-10-20-5-6-21(26)15-23(20)34-17-18-8-11-33-12-9-18/h4-7,14-15,18,27-29H,8-13,16-17H2,1-3H3. The van der Waals surface area contributed by atoms with Crippen LogP contribution in [0.5, 0.6) is 5.75 Å². The number of hydrogen-bond donors (Lipinski definition) is 3. The number of hydrogen-bond acceptors (Lipinski definition) is 6. The Hall–Kier alpha value is -2.05. The number of halogens is 1. The third kappa shape index (κ3) is 8.81. The number of aliphatic hydroxyl groups excluding tert-OH is 1. The summed E-state index contributed by atoms with van der Waals surface area (Å²) in [5.41, 5.74) is 0.773. The number of aryl methyl sites for hydroxylation is 1. The average Bonchev–Trinajstić information content (AvgIpc) is 2.81. The molecule has 0 spiro atoms. The molecule has 1 saturated heterocycles. The average molecular weight is 543 g/mol. The summed E-state index contributed by atoms with van der Waals surface area (Å²) in [6.07, 6.45) is 1.84. The highest BCUT2D eigenvalue weighted by Crippen LogP contribution is 2.26. The zero-order chi connectivity index (χ0) is 26.3. The highest BCUT2D eigenvalue weighted by atomic mass is 32.2. The number of rotatable bonds is 11. The van der Waals surface area contributed by atoms with Crippen LogP contribution < -0.4 is 14.2 Å². The first kappa shape index (κ1) is 28.5. The number of nitrogens with one attached hydrogen (secondary N) is 2. The molecule has 0 aromatic heterocycles. The van der Waals surface area contributed by atoms with E-state index in [9.17, 15) is 22.1 Å². The van der Waals surface area contributed by atoms with Crippen molar-refractivity contribution < 1.29 is 31.6 Å². The molecule has 0 radical (unpaired) electrons. The van der Waals surface area contributed by atoms with Crippen LogP contribution in [0.15, 0.2) is 41.3 Å². The fraction of sp³-hybridized carbons (Fsp3) is 0.520. The molecule has 1 aliphatic rings. The summed E-state index contributed by atoms with van der Waals surface area (Å²) in [4.78, 5) is 0.224. The molecule has 0 aliphatic carbocycles. The van der Waals surface area contributed by atoms with Crippen LogP contribution in [0, 0.1) is 11.7 Å². The lowest BCUT2D eigenvalue weighted by atomic mass is 10.0. The fourth-order valence-corrected chi connectivity index (χ4v) is 6.10. The summed E-state index contributed by atoms with van der Waals surface area (Å²) in [6, 6.07) is 8.66. The Bertz CT molecular complexity index is 1160. The van der Waals surface area contributed by atoms with Crippen molar-refractivity contribution in [2.24, 2.45) is 5.92 Å². The van der Waals surface area contributed by atoms with Gasteiger partial charge in [0.15, 0.2) is 0 Å². The molecule has 0 bridgehead atoms. The molecule has 200 valence electrons. The van der Waals surface area contributed by atoms with Gasteiger partial charge in [-0.15, -0.1) is 0 Å². The second-order valence-corrected chi connectivity index (χ2v) is 12.9. The topological polar surface area (TPSA) is 114 Å². The lowest BCUT2D eigenvalue weighted by Gasteiger charge is -2.23. The molecule has 36 heavy (non-hydrogen) atoms. The normalized spacial score (nSPS) is 16.0. The molecule has 0 saturated carbocycles. The van der Waals surface area contributed by atoms with Crippen molar-refractivity contribution in [1.29, 1.82) is 0 Å². The predicted octanol–water partition coefficient (Wildman–Crippen LogP) is 3.52. The number of sulfonamides is 1. The Morgan fingerprint density at radius 3 is 2.56 bits per heavy atom. The molecule has 8 nitrogen and oxygen atoms in total. The van der Waals surface area contributed by atoms with Gasteiger partial charge in [0.1, 0.15) is 22.6 Å². The van der Waals surface area contributed by atoms with Gasteiger partial charge >= 0.3 is 0 Å². The molecule has 1 aliphatic heterocycles. The van der Waals surface area contributed by atoms with Crippen LogP contribution in [0.2, 0.25) is 0 Å². The van der Waals surface area contributed by atoms with Gasteiger partial charge in [-0.2, -0.15) is 0 Å². The Labute approximate surface area is 215 Å². The van der Waals surface area contributed by atoms with Gasteiger partial charge in [0.05, 0.1) is 29.5 Å². The molecular formula is C25H35FN2O6S2. The zero-order valence-electron chi connectivity index (χ0n) is 20.9. The van der Waals surface area contributed by atoms with E-state index in [1.165, 1.54) is 30.3 Å². The van der Waals surface area contributed by atoms with Crippen molar-refractivity contribution >= 4 is 26.7 Å². The second kappa shape index (κ2) is 12.5. The highest BCUT2D eigenvalue weighted by molar-refractivity contribution is 7.92.